The molecule has 0 saturated heterocycles. The second kappa shape index (κ2) is 5.55. The molecule has 2 heterocycles. The Kier molecular flexibility index (Phi) is 4.03. The molecule has 0 amide bonds. The number of imidazole rings is 1. The Morgan fingerprint density at radius 1 is 1.21 bits per heavy atom. The van der Waals surface area contributed by atoms with Gasteiger partial charge in [-0.15, -0.1) is 0 Å². The molecule has 0 fully saturated rings. The summed E-state index contributed by atoms with van der Waals surface area (Å²) in [6, 6.07) is 4.15. The fourth-order valence-electron chi connectivity index (χ4n) is 2.33. The summed E-state index contributed by atoms with van der Waals surface area (Å²) >= 11 is 0. The number of hydrogen-bond donors (Lipinski definition) is 0. The zero-order valence-electron chi connectivity index (χ0n) is 12.3. The summed E-state index contributed by atoms with van der Waals surface area (Å²) in [5, 5.41) is 0. The maximum Gasteiger partial charge on any atom is 0.0949 e. The first-order valence-corrected chi connectivity index (χ1v) is 6.88. The molecule has 0 saturated carbocycles. The van der Waals surface area contributed by atoms with Gasteiger partial charge in [0.05, 0.1) is 12.0 Å². The lowest BCUT2D eigenvalue weighted by Crippen LogP contribution is -2.21. The lowest BCUT2D eigenvalue weighted by molar-refractivity contribution is 0.500. The van der Waals surface area contributed by atoms with Gasteiger partial charge in [0.25, 0.3) is 0 Å². The van der Waals surface area contributed by atoms with Gasteiger partial charge in [-0.3, -0.25) is 4.98 Å². The van der Waals surface area contributed by atoms with Crippen LogP contribution >= 0.6 is 0 Å². The van der Waals surface area contributed by atoms with Crippen LogP contribution in [0.4, 0.5) is 0 Å². The summed E-state index contributed by atoms with van der Waals surface area (Å²) in [6.45, 7) is 9.97. The number of rotatable bonds is 5. The van der Waals surface area contributed by atoms with Gasteiger partial charge in [-0.05, 0) is 30.0 Å². The van der Waals surface area contributed by atoms with Crippen molar-refractivity contribution in [2.75, 3.05) is 0 Å². The first-order chi connectivity index (χ1) is 8.97. The Hall–Kier alpha value is -1.64. The smallest absolute Gasteiger partial charge is 0.0949 e. The maximum atomic E-state index is 4.58. The topological polar surface area (TPSA) is 30.7 Å². The van der Waals surface area contributed by atoms with Gasteiger partial charge in [-0.1, -0.05) is 27.7 Å². The van der Waals surface area contributed by atoms with Crippen molar-refractivity contribution >= 4 is 0 Å². The van der Waals surface area contributed by atoms with E-state index in [1.54, 1.807) is 0 Å². The van der Waals surface area contributed by atoms with Crippen LogP contribution in [0.2, 0.25) is 0 Å². The van der Waals surface area contributed by atoms with E-state index in [1.165, 1.54) is 5.56 Å². The van der Waals surface area contributed by atoms with Crippen LogP contribution in [-0.2, 0) is 18.4 Å². The van der Waals surface area contributed by atoms with E-state index in [4.69, 9.17) is 0 Å². The van der Waals surface area contributed by atoms with Crippen molar-refractivity contribution in [1.29, 1.82) is 0 Å². The molecule has 0 aliphatic heterocycles. The van der Waals surface area contributed by atoms with Gasteiger partial charge in [-0.25, -0.2) is 4.98 Å². The Morgan fingerprint density at radius 2 is 1.89 bits per heavy atom. The van der Waals surface area contributed by atoms with Gasteiger partial charge in [0.2, 0.25) is 0 Å². The molecule has 2 aromatic heterocycles. The second-order valence-electron chi connectivity index (χ2n) is 6.27. The number of pyridine rings is 1. The molecular weight excluding hydrogens is 234 g/mol. The van der Waals surface area contributed by atoms with E-state index in [9.17, 15) is 0 Å². The normalized spacial score (nSPS) is 12.1. The maximum absolute atomic E-state index is 4.58. The van der Waals surface area contributed by atoms with Gasteiger partial charge in [-0.2, -0.15) is 0 Å². The summed E-state index contributed by atoms with van der Waals surface area (Å²) in [7, 11) is 0. The highest BCUT2D eigenvalue weighted by Crippen LogP contribution is 2.26. The molecule has 19 heavy (non-hydrogen) atoms. The Morgan fingerprint density at radius 3 is 2.53 bits per heavy atom. The summed E-state index contributed by atoms with van der Waals surface area (Å²) in [5.41, 5.74) is 2.51. The Balaban J connectivity index is 2.13. The first kappa shape index (κ1) is 13.8. The van der Waals surface area contributed by atoms with E-state index in [0.717, 1.165) is 18.7 Å². The summed E-state index contributed by atoms with van der Waals surface area (Å²) < 4.78 is 2.19. The van der Waals surface area contributed by atoms with Crippen LogP contribution in [0.3, 0.4) is 0 Å². The lowest BCUT2D eigenvalue weighted by Gasteiger charge is -2.22. The summed E-state index contributed by atoms with van der Waals surface area (Å²) in [6.07, 6.45) is 8.81. The fourth-order valence-corrected chi connectivity index (χ4v) is 2.33. The van der Waals surface area contributed by atoms with E-state index in [0.29, 0.717) is 5.92 Å². The average molecular weight is 257 g/mol. The zero-order valence-corrected chi connectivity index (χ0v) is 12.3. The van der Waals surface area contributed by atoms with Crippen molar-refractivity contribution in [2.45, 2.75) is 46.1 Å². The molecule has 0 N–H and O–H groups in total. The van der Waals surface area contributed by atoms with Crippen LogP contribution in [0.15, 0.2) is 37.1 Å². The molecule has 0 spiro atoms. The number of aromatic nitrogens is 3. The molecule has 2 aromatic rings. The van der Waals surface area contributed by atoms with Gasteiger partial charge in [0.15, 0.2) is 0 Å². The van der Waals surface area contributed by atoms with Crippen molar-refractivity contribution in [3.05, 3.63) is 48.3 Å². The van der Waals surface area contributed by atoms with E-state index in [1.807, 2.05) is 18.7 Å². The van der Waals surface area contributed by atoms with Crippen LogP contribution in [0, 0.1) is 5.92 Å². The molecular formula is C16H23N3. The standard InChI is InChI=1S/C16H23N3/c1-13(2)10-19-11-15(18-12-19)16(3,4)9-14-5-7-17-8-6-14/h5-8,11-13H,9-10H2,1-4H3. The monoisotopic (exact) mass is 257 g/mol. The Labute approximate surface area is 115 Å². The van der Waals surface area contributed by atoms with Crippen molar-refractivity contribution in [3.8, 4) is 0 Å². The lowest BCUT2D eigenvalue weighted by atomic mass is 9.83. The molecule has 0 aliphatic carbocycles. The first-order valence-electron chi connectivity index (χ1n) is 6.88. The third-order valence-corrected chi connectivity index (χ3v) is 3.30. The minimum Gasteiger partial charge on any atom is -0.337 e. The zero-order chi connectivity index (χ0) is 13.9. The Bertz CT molecular complexity index is 512. The van der Waals surface area contributed by atoms with E-state index in [-0.39, 0.29) is 5.41 Å². The minimum absolute atomic E-state index is 0.0452. The SMILES string of the molecule is CC(C)Cn1cnc(C(C)(C)Cc2ccncc2)c1. The molecule has 0 unspecified atom stereocenters. The van der Waals surface area contributed by atoms with Crippen molar-refractivity contribution in [1.82, 2.24) is 14.5 Å². The largest absolute Gasteiger partial charge is 0.337 e. The van der Waals surface area contributed by atoms with Crippen LogP contribution in [-0.4, -0.2) is 14.5 Å². The summed E-state index contributed by atoms with van der Waals surface area (Å²) in [4.78, 5) is 8.65. The average Bonchev–Trinajstić information content (AvgIpc) is 2.78. The van der Waals surface area contributed by atoms with Gasteiger partial charge >= 0.3 is 0 Å². The van der Waals surface area contributed by atoms with E-state index < -0.39 is 0 Å². The van der Waals surface area contributed by atoms with Crippen molar-refractivity contribution in [2.24, 2.45) is 5.92 Å². The molecule has 0 atom stereocenters. The molecule has 102 valence electrons. The molecule has 0 aliphatic rings. The highest BCUT2D eigenvalue weighted by atomic mass is 15.0. The van der Waals surface area contributed by atoms with E-state index in [2.05, 4.69) is 60.6 Å². The predicted octanol–water partition coefficient (Wildman–Crippen LogP) is 3.45. The molecule has 0 radical (unpaired) electrons. The van der Waals surface area contributed by atoms with Gasteiger partial charge < -0.3 is 4.57 Å². The number of hydrogen-bond acceptors (Lipinski definition) is 2. The molecule has 2 rings (SSSR count). The van der Waals surface area contributed by atoms with Crippen LogP contribution in [0.25, 0.3) is 0 Å². The van der Waals surface area contributed by atoms with Crippen LogP contribution in [0.1, 0.15) is 39.0 Å². The summed E-state index contributed by atoms with van der Waals surface area (Å²) in [5.74, 6) is 0.644. The highest BCUT2D eigenvalue weighted by Gasteiger charge is 2.23. The molecule has 3 heteroatoms. The second-order valence-corrected chi connectivity index (χ2v) is 6.27. The fraction of sp³-hybridized carbons (Fsp3) is 0.500. The number of nitrogens with zero attached hydrogens (tertiary/aromatic N) is 3. The van der Waals surface area contributed by atoms with Crippen molar-refractivity contribution in [3.63, 3.8) is 0 Å². The van der Waals surface area contributed by atoms with Gasteiger partial charge in [0.1, 0.15) is 0 Å². The minimum atomic E-state index is 0.0452. The predicted molar refractivity (Wildman–Crippen MR) is 78.0 cm³/mol. The molecule has 3 nitrogen and oxygen atoms in total. The third kappa shape index (κ3) is 3.66. The van der Waals surface area contributed by atoms with Crippen molar-refractivity contribution < 1.29 is 0 Å². The van der Waals surface area contributed by atoms with Crippen LogP contribution < -0.4 is 0 Å². The third-order valence-electron chi connectivity index (χ3n) is 3.30. The van der Waals surface area contributed by atoms with Gasteiger partial charge in [0, 0.05) is 30.6 Å². The van der Waals surface area contributed by atoms with Crippen LogP contribution in [0.5, 0.6) is 0 Å². The molecule has 0 aromatic carbocycles. The van der Waals surface area contributed by atoms with E-state index >= 15 is 0 Å². The quantitative estimate of drug-likeness (QED) is 0.821. The highest BCUT2D eigenvalue weighted by molar-refractivity contribution is 5.20. The molecule has 0 bridgehead atoms.